The van der Waals surface area contributed by atoms with Gasteiger partial charge in [-0.15, -0.1) is 0 Å². The van der Waals surface area contributed by atoms with E-state index in [4.69, 9.17) is 16.2 Å². The van der Waals surface area contributed by atoms with Crippen molar-refractivity contribution in [3.63, 3.8) is 0 Å². The third-order valence-corrected chi connectivity index (χ3v) is 1.93. The summed E-state index contributed by atoms with van der Waals surface area (Å²) in [5.74, 6) is 0.655. The van der Waals surface area contributed by atoms with Gasteiger partial charge in [0.25, 0.3) is 0 Å². The van der Waals surface area contributed by atoms with Crippen LogP contribution in [0.25, 0.3) is 0 Å². The number of hydrogen-bond donors (Lipinski definition) is 3. The predicted octanol–water partition coefficient (Wildman–Crippen LogP) is 0.676. The second-order valence-corrected chi connectivity index (χ2v) is 2.80. The maximum absolute atomic E-state index is 5.78. The molecule has 0 atom stereocenters. The van der Waals surface area contributed by atoms with E-state index in [9.17, 15) is 0 Å². The minimum absolute atomic E-state index is 0.645. The van der Waals surface area contributed by atoms with Gasteiger partial charge < -0.3 is 21.2 Å². The molecule has 0 fully saturated rings. The van der Waals surface area contributed by atoms with Crippen LogP contribution in [0.4, 0.5) is 11.5 Å². The van der Waals surface area contributed by atoms with Crippen LogP contribution in [0.5, 0.6) is 0 Å². The molecular weight excluding hydrogens is 154 g/mol. The minimum atomic E-state index is 0.645. The van der Waals surface area contributed by atoms with E-state index in [0.717, 1.165) is 23.4 Å². The molecule has 68 valence electrons. The zero-order valence-corrected chi connectivity index (χ0v) is 7.48. The molecule has 0 aliphatic heterocycles. The Balaban J connectivity index is 2.82. The smallest absolute Gasteiger partial charge is 0.106 e. The molecular formula is C8H15N3O. The first-order valence-corrected chi connectivity index (χ1v) is 3.88. The zero-order valence-electron chi connectivity index (χ0n) is 7.48. The molecule has 1 rings (SSSR count). The standard InChI is InChI=1S/C8H15N3O/c1-5-7(9)6(3-4-12-2)8(10)11-5/h11H,3-4,9-10H2,1-2H3. The van der Waals surface area contributed by atoms with Gasteiger partial charge in [-0.05, 0) is 6.92 Å². The van der Waals surface area contributed by atoms with Gasteiger partial charge >= 0.3 is 0 Å². The number of aryl methyl sites for hydroxylation is 1. The van der Waals surface area contributed by atoms with E-state index >= 15 is 0 Å². The topological polar surface area (TPSA) is 77.1 Å². The number of nitrogen functional groups attached to an aromatic ring is 2. The number of nitrogens with two attached hydrogens (primary N) is 2. The highest BCUT2D eigenvalue weighted by Gasteiger charge is 2.08. The van der Waals surface area contributed by atoms with E-state index in [1.165, 1.54) is 0 Å². The van der Waals surface area contributed by atoms with Gasteiger partial charge in [-0.2, -0.15) is 0 Å². The molecule has 1 heterocycles. The Morgan fingerprint density at radius 2 is 2.08 bits per heavy atom. The SMILES string of the molecule is COCCc1c(N)[nH]c(C)c1N. The van der Waals surface area contributed by atoms with Crippen LogP contribution >= 0.6 is 0 Å². The fourth-order valence-electron chi connectivity index (χ4n) is 1.19. The molecule has 1 aromatic heterocycles. The van der Waals surface area contributed by atoms with Crippen LogP contribution in [0.15, 0.2) is 0 Å². The zero-order chi connectivity index (χ0) is 9.14. The second-order valence-electron chi connectivity index (χ2n) is 2.80. The number of methoxy groups -OCH3 is 1. The Bertz CT molecular complexity index is 268. The number of rotatable bonds is 3. The third kappa shape index (κ3) is 1.53. The van der Waals surface area contributed by atoms with Crippen LogP contribution in [0, 0.1) is 6.92 Å². The van der Waals surface area contributed by atoms with Gasteiger partial charge in [-0.25, -0.2) is 0 Å². The Morgan fingerprint density at radius 3 is 2.50 bits per heavy atom. The molecule has 0 spiro atoms. The van der Waals surface area contributed by atoms with E-state index in [2.05, 4.69) is 4.98 Å². The third-order valence-electron chi connectivity index (χ3n) is 1.93. The van der Waals surface area contributed by atoms with Crippen LogP contribution in [0.2, 0.25) is 0 Å². The van der Waals surface area contributed by atoms with Gasteiger partial charge in [0.2, 0.25) is 0 Å². The normalized spacial score (nSPS) is 10.5. The summed E-state index contributed by atoms with van der Waals surface area (Å²) in [4.78, 5) is 2.98. The second kappa shape index (κ2) is 3.49. The summed E-state index contributed by atoms with van der Waals surface area (Å²) in [5.41, 5.74) is 14.1. The fraction of sp³-hybridized carbons (Fsp3) is 0.500. The summed E-state index contributed by atoms with van der Waals surface area (Å²) in [7, 11) is 1.66. The molecule has 1 aromatic rings. The molecule has 4 heteroatoms. The van der Waals surface area contributed by atoms with Crippen LogP contribution in [0.3, 0.4) is 0 Å². The molecule has 4 nitrogen and oxygen atoms in total. The molecule has 0 amide bonds. The first-order chi connectivity index (χ1) is 5.66. The summed E-state index contributed by atoms with van der Waals surface area (Å²) in [5, 5.41) is 0. The minimum Gasteiger partial charge on any atom is -0.397 e. The van der Waals surface area contributed by atoms with Crippen LogP contribution < -0.4 is 11.5 Å². The maximum Gasteiger partial charge on any atom is 0.106 e. The summed E-state index contributed by atoms with van der Waals surface area (Å²) in [6.45, 7) is 2.55. The first-order valence-electron chi connectivity index (χ1n) is 3.88. The average Bonchev–Trinajstić information content (AvgIpc) is 2.25. The summed E-state index contributed by atoms with van der Waals surface area (Å²) in [6, 6.07) is 0. The Labute approximate surface area is 71.9 Å². The highest BCUT2D eigenvalue weighted by atomic mass is 16.5. The van der Waals surface area contributed by atoms with Crippen molar-refractivity contribution < 1.29 is 4.74 Å². The lowest BCUT2D eigenvalue weighted by Crippen LogP contribution is -2.00. The van der Waals surface area contributed by atoms with Crippen LogP contribution in [0.1, 0.15) is 11.3 Å². The van der Waals surface area contributed by atoms with E-state index in [-0.39, 0.29) is 0 Å². The molecule has 0 unspecified atom stereocenters. The fourth-order valence-corrected chi connectivity index (χ4v) is 1.19. The van der Waals surface area contributed by atoms with Gasteiger partial charge in [0.05, 0.1) is 12.3 Å². The number of ether oxygens (including phenoxy) is 1. The number of aromatic amines is 1. The number of H-pyrrole nitrogens is 1. The van der Waals surface area contributed by atoms with Gasteiger partial charge in [0.15, 0.2) is 0 Å². The molecule has 12 heavy (non-hydrogen) atoms. The summed E-state index contributed by atoms with van der Waals surface area (Å²) >= 11 is 0. The largest absolute Gasteiger partial charge is 0.397 e. The van der Waals surface area contributed by atoms with E-state index < -0.39 is 0 Å². The number of hydrogen-bond acceptors (Lipinski definition) is 3. The predicted molar refractivity (Wildman–Crippen MR) is 49.9 cm³/mol. The lowest BCUT2D eigenvalue weighted by molar-refractivity contribution is 0.202. The molecule has 0 radical (unpaired) electrons. The number of aromatic nitrogens is 1. The highest BCUT2D eigenvalue weighted by Crippen LogP contribution is 2.23. The molecule has 0 aromatic carbocycles. The van der Waals surface area contributed by atoms with Gasteiger partial charge in [-0.1, -0.05) is 0 Å². The van der Waals surface area contributed by atoms with Crippen molar-refractivity contribution in [2.24, 2.45) is 0 Å². The van der Waals surface area contributed by atoms with Crippen molar-refractivity contribution >= 4 is 11.5 Å². The lowest BCUT2D eigenvalue weighted by Gasteiger charge is -2.00. The number of nitrogens with one attached hydrogen (secondary N) is 1. The maximum atomic E-state index is 5.78. The Kier molecular flexibility index (Phi) is 2.60. The van der Waals surface area contributed by atoms with Crippen molar-refractivity contribution in [1.29, 1.82) is 0 Å². The molecule has 5 N–H and O–H groups in total. The van der Waals surface area contributed by atoms with Gasteiger partial charge in [-0.3, -0.25) is 0 Å². The highest BCUT2D eigenvalue weighted by molar-refractivity contribution is 5.62. The van der Waals surface area contributed by atoms with Crippen molar-refractivity contribution in [2.45, 2.75) is 13.3 Å². The molecule has 0 saturated carbocycles. The lowest BCUT2D eigenvalue weighted by atomic mass is 10.2. The molecule has 0 aliphatic carbocycles. The van der Waals surface area contributed by atoms with Gasteiger partial charge in [0, 0.05) is 24.8 Å². The number of anilines is 2. The van der Waals surface area contributed by atoms with Gasteiger partial charge in [0.1, 0.15) is 5.82 Å². The molecule has 0 saturated heterocycles. The van der Waals surface area contributed by atoms with E-state index in [0.29, 0.717) is 12.4 Å². The monoisotopic (exact) mass is 169 g/mol. The Morgan fingerprint density at radius 1 is 1.42 bits per heavy atom. The quantitative estimate of drug-likeness (QED) is 0.622. The summed E-state index contributed by atoms with van der Waals surface area (Å²) in [6.07, 6.45) is 0.762. The van der Waals surface area contributed by atoms with E-state index in [1.54, 1.807) is 7.11 Å². The van der Waals surface area contributed by atoms with Crippen LogP contribution in [-0.2, 0) is 11.2 Å². The average molecular weight is 169 g/mol. The van der Waals surface area contributed by atoms with Crippen molar-refractivity contribution in [2.75, 3.05) is 25.2 Å². The van der Waals surface area contributed by atoms with E-state index in [1.807, 2.05) is 6.92 Å². The molecule has 0 bridgehead atoms. The van der Waals surface area contributed by atoms with Crippen molar-refractivity contribution in [1.82, 2.24) is 4.98 Å². The van der Waals surface area contributed by atoms with Crippen LogP contribution in [-0.4, -0.2) is 18.7 Å². The molecule has 0 aliphatic rings. The summed E-state index contributed by atoms with van der Waals surface area (Å²) < 4.78 is 4.94. The van der Waals surface area contributed by atoms with Crippen molar-refractivity contribution in [3.05, 3.63) is 11.3 Å². The Hall–Kier alpha value is -1.16. The first kappa shape index (κ1) is 8.93. The van der Waals surface area contributed by atoms with Crippen molar-refractivity contribution in [3.8, 4) is 0 Å².